The van der Waals surface area contributed by atoms with Gasteiger partial charge < -0.3 is 14.8 Å². The molecule has 1 heterocycles. The fourth-order valence-electron chi connectivity index (χ4n) is 4.04. The maximum absolute atomic E-state index is 12.6. The average Bonchev–Trinajstić information content (AvgIpc) is 2.77. The second kappa shape index (κ2) is 11.2. The number of benzene rings is 1. The molecule has 0 bridgehead atoms. The van der Waals surface area contributed by atoms with Gasteiger partial charge in [0, 0.05) is 26.1 Å². The molecule has 1 saturated heterocycles. The van der Waals surface area contributed by atoms with Crippen LogP contribution >= 0.6 is 0 Å². The highest BCUT2D eigenvalue weighted by Crippen LogP contribution is 2.26. The lowest BCUT2D eigenvalue weighted by Crippen LogP contribution is -2.40. The van der Waals surface area contributed by atoms with E-state index in [-0.39, 0.29) is 10.8 Å². The van der Waals surface area contributed by atoms with E-state index in [0.717, 1.165) is 12.0 Å². The highest BCUT2D eigenvalue weighted by Gasteiger charge is 2.26. The van der Waals surface area contributed by atoms with E-state index in [1.54, 1.807) is 24.3 Å². The van der Waals surface area contributed by atoms with Crippen LogP contribution < -0.4 is 5.32 Å². The van der Waals surface area contributed by atoms with Gasteiger partial charge in [0.1, 0.15) is 0 Å². The van der Waals surface area contributed by atoms with Crippen molar-refractivity contribution in [2.24, 2.45) is 5.92 Å². The smallest absolute Gasteiger partial charge is 0.243 e. The summed E-state index contributed by atoms with van der Waals surface area (Å²) in [5.74, 6) is 0.588. The molecule has 2 aliphatic rings. The molecule has 2 fully saturated rings. The summed E-state index contributed by atoms with van der Waals surface area (Å²) in [5, 5.41) is 2.91. The van der Waals surface area contributed by atoms with Gasteiger partial charge in [0.05, 0.1) is 30.8 Å². The Hall–Kier alpha value is -1.48. The minimum absolute atomic E-state index is 0.0136. The number of carbonyl (C=O) groups is 1. The third kappa shape index (κ3) is 6.51. The number of sulfonamides is 1. The molecule has 7 nitrogen and oxygen atoms in total. The van der Waals surface area contributed by atoms with Gasteiger partial charge in [-0.05, 0) is 42.9 Å². The standard InChI is InChI=1S/C22H34N2O5S/c1-18-4-2-3-5-21(18)29-15-12-23-22(25)11-8-19-6-9-20(10-7-19)30(26,27)24-13-16-28-17-14-24/h6-7,9-10,18,21H,2-5,8,11-17H2,1H3,(H,23,25). The van der Waals surface area contributed by atoms with Crippen molar-refractivity contribution in [1.82, 2.24) is 9.62 Å². The predicted octanol–water partition coefficient (Wildman–Crippen LogP) is 2.35. The molecular formula is C22H34N2O5S. The fraction of sp³-hybridized carbons (Fsp3) is 0.682. The molecule has 1 saturated carbocycles. The fourth-order valence-corrected chi connectivity index (χ4v) is 5.45. The van der Waals surface area contributed by atoms with Crippen LogP contribution in [-0.4, -0.2) is 64.2 Å². The van der Waals surface area contributed by atoms with Crippen LogP contribution in [0.2, 0.25) is 0 Å². The van der Waals surface area contributed by atoms with Gasteiger partial charge in [-0.2, -0.15) is 4.31 Å². The molecule has 1 aliphatic carbocycles. The molecule has 1 aliphatic heterocycles. The van der Waals surface area contributed by atoms with Crippen molar-refractivity contribution >= 4 is 15.9 Å². The number of nitrogens with one attached hydrogen (secondary N) is 1. The van der Waals surface area contributed by atoms with E-state index in [4.69, 9.17) is 9.47 Å². The van der Waals surface area contributed by atoms with Crippen LogP contribution in [0.4, 0.5) is 0 Å². The van der Waals surface area contributed by atoms with Crippen molar-refractivity contribution in [2.45, 2.75) is 56.4 Å². The summed E-state index contributed by atoms with van der Waals surface area (Å²) >= 11 is 0. The second-order valence-electron chi connectivity index (χ2n) is 8.18. The monoisotopic (exact) mass is 438 g/mol. The molecule has 3 rings (SSSR count). The lowest BCUT2D eigenvalue weighted by atomic mass is 9.88. The van der Waals surface area contributed by atoms with Gasteiger partial charge in [-0.1, -0.05) is 31.9 Å². The zero-order chi connectivity index (χ0) is 21.4. The maximum Gasteiger partial charge on any atom is 0.243 e. The largest absolute Gasteiger partial charge is 0.379 e. The second-order valence-corrected chi connectivity index (χ2v) is 10.1. The summed E-state index contributed by atoms with van der Waals surface area (Å²) < 4.78 is 37.9. The van der Waals surface area contributed by atoms with Crippen LogP contribution in [0.15, 0.2) is 29.2 Å². The summed E-state index contributed by atoms with van der Waals surface area (Å²) in [6, 6.07) is 6.82. The van der Waals surface area contributed by atoms with Gasteiger partial charge in [0.15, 0.2) is 0 Å². The first kappa shape index (κ1) is 23.2. The first-order valence-corrected chi connectivity index (χ1v) is 12.5. The quantitative estimate of drug-likeness (QED) is 0.598. The van der Waals surface area contributed by atoms with Crippen molar-refractivity contribution in [3.8, 4) is 0 Å². The number of aryl methyl sites for hydroxylation is 1. The van der Waals surface area contributed by atoms with E-state index in [9.17, 15) is 13.2 Å². The maximum atomic E-state index is 12.6. The van der Waals surface area contributed by atoms with Gasteiger partial charge in [-0.3, -0.25) is 4.79 Å². The minimum Gasteiger partial charge on any atom is -0.379 e. The van der Waals surface area contributed by atoms with E-state index < -0.39 is 10.0 Å². The molecule has 0 aromatic heterocycles. The number of hydrogen-bond acceptors (Lipinski definition) is 5. The Morgan fingerprint density at radius 1 is 1.17 bits per heavy atom. The van der Waals surface area contributed by atoms with Crippen LogP contribution in [-0.2, 0) is 30.7 Å². The zero-order valence-corrected chi connectivity index (χ0v) is 18.7. The predicted molar refractivity (Wildman–Crippen MR) is 115 cm³/mol. The molecule has 8 heteroatoms. The Morgan fingerprint density at radius 3 is 2.57 bits per heavy atom. The number of morpholine rings is 1. The van der Waals surface area contributed by atoms with E-state index in [2.05, 4.69) is 12.2 Å². The number of carbonyl (C=O) groups excluding carboxylic acids is 1. The van der Waals surface area contributed by atoms with Crippen LogP contribution in [0.5, 0.6) is 0 Å². The molecule has 2 unspecified atom stereocenters. The highest BCUT2D eigenvalue weighted by atomic mass is 32.2. The van der Waals surface area contributed by atoms with Gasteiger partial charge in [-0.25, -0.2) is 8.42 Å². The van der Waals surface area contributed by atoms with Crippen molar-refractivity contribution < 1.29 is 22.7 Å². The molecule has 0 radical (unpaired) electrons. The van der Waals surface area contributed by atoms with Gasteiger partial charge in [-0.15, -0.1) is 0 Å². The molecular weight excluding hydrogens is 404 g/mol. The third-order valence-corrected chi connectivity index (χ3v) is 7.87. The van der Waals surface area contributed by atoms with Crippen molar-refractivity contribution in [2.75, 3.05) is 39.5 Å². The Bertz CT molecular complexity index is 775. The molecule has 168 valence electrons. The van der Waals surface area contributed by atoms with Crippen molar-refractivity contribution in [3.05, 3.63) is 29.8 Å². The van der Waals surface area contributed by atoms with E-state index in [1.165, 1.54) is 23.6 Å². The van der Waals surface area contributed by atoms with E-state index >= 15 is 0 Å². The highest BCUT2D eigenvalue weighted by molar-refractivity contribution is 7.89. The van der Waals surface area contributed by atoms with Gasteiger partial charge >= 0.3 is 0 Å². The molecule has 1 amide bonds. The van der Waals surface area contributed by atoms with E-state index in [1.807, 2.05) is 0 Å². The molecule has 1 N–H and O–H groups in total. The Morgan fingerprint density at radius 2 is 1.87 bits per heavy atom. The molecule has 1 aromatic carbocycles. The van der Waals surface area contributed by atoms with Gasteiger partial charge in [0.25, 0.3) is 0 Å². The zero-order valence-electron chi connectivity index (χ0n) is 17.8. The summed E-state index contributed by atoms with van der Waals surface area (Å²) in [5.41, 5.74) is 0.943. The minimum atomic E-state index is -3.48. The van der Waals surface area contributed by atoms with Crippen LogP contribution in [0.1, 0.15) is 44.6 Å². The summed E-state index contributed by atoms with van der Waals surface area (Å²) in [6.07, 6.45) is 6.13. The lowest BCUT2D eigenvalue weighted by molar-refractivity contribution is -0.121. The number of ether oxygens (including phenoxy) is 2. The van der Waals surface area contributed by atoms with Crippen LogP contribution in [0.25, 0.3) is 0 Å². The summed E-state index contributed by atoms with van der Waals surface area (Å²) in [4.78, 5) is 12.4. The molecule has 0 spiro atoms. The normalized spacial score (nSPS) is 23.2. The van der Waals surface area contributed by atoms with Gasteiger partial charge in [0.2, 0.25) is 15.9 Å². The molecule has 2 atom stereocenters. The number of hydrogen-bond donors (Lipinski definition) is 1. The Labute approximate surface area is 180 Å². The van der Waals surface area contributed by atoms with Crippen LogP contribution in [0.3, 0.4) is 0 Å². The molecule has 30 heavy (non-hydrogen) atoms. The number of nitrogens with zero attached hydrogens (tertiary/aromatic N) is 1. The SMILES string of the molecule is CC1CCCCC1OCCNC(=O)CCc1ccc(S(=O)(=O)N2CCOCC2)cc1. The third-order valence-electron chi connectivity index (χ3n) is 5.96. The van der Waals surface area contributed by atoms with Crippen molar-refractivity contribution in [3.63, 3.8) is 0 Å². The first-order chi connectivity index (χ1) is 14.5. The summed E-state index contributed by atoms with van der Waals surface area (Å²) in [6.45, 7) is 4.93. The summed E-state index contributed by atoms with van der Waals surface area (Å²) in [7, 11) is -3.48. The topological polar surface area (TPSA) is 84.9 Å². The first-order valence-electron chi connectivity index (χ1n) is 11.0. The average molecular weight is 439 g/mol. The van der Waals surface area contributed by atoms with E-state index in [0.29, 0.717) is 64.3 Å². The lowest BCUT2D eigenvalue weighted by Gasteiger charge is -2.28. The molecule has 1 aromatic rings. The van der Waals surface area contributed by atoms with Crippen molar-refractivity contribution in [1.29, 1.82) is 0 Å². The number of rotatable bonds is 9. The number of amides is 1. The van der Waals surface area contributed by atoms with Crippen LogP contribution in [0, 0.1) is 5.92 Å². The Balaban J connectivity index is 1.37. The Kier molecular flexibility index (Phi) is 8.68.